The summed E-state index contributed by atoms with van der Waals surface area (Å²) in [4.78, 5) is 34.7. The number of hydrogen-bond acceptors (Lipinski definition) is 4. The van der Waals surface area contributed by atoms with Crippen LogP contribution in [0, 0.1) is 5.92 Å². The van der Waals surface area contributed by atoms with E-state index in [1.165, 1.54) is 5.56 Å². The van der Waals surface area contributed by atoms with Crippen LogP contribution in [0.3, 0.4) is 0 Å². The normalized spacial score (nSPS) is 14.5. The van der Waals surface area contributed by atoms with Gasteiger partial charge in [0.1, 0.15) is 11.6 Å². The Balaban J connectivity index is 1.64. The molecular weight excluding hydrogens is 462 g/mol. The predicted molar refractivity (Wildman–Crippen MR) is 146 cm³/mol. The van der Waals surface area contributed by atoms with Crippen LogP contribution in [0.4, 0.5) is 0 Å². The molecule has 1 aromatic heterocycles. The van der Waals surface area contributed by atoms with Crippen molar-refractivity contribution in [3.05, 3.63) is 101 Å². The van der Waals surface area contributed by atoms with Gasteiger partial charge in [0.25, 0.3) is 5.56 Å². The number of carbonyl (C=O) groups excluding carboxylic acids is 1. The highest BCUT2D eigenvalue weighted by atomic mass is 16.5. The molecule has 0 bridgehead atoms. The molecular formula is C31H33N3O3. The van der Waals surface area contributed by atoms with E-state index >= 15 is 0 Å². The maximum absolute atomic E-state index is 13.9. The van der Waals surface area contributed by atoms with E-state index < -0.39 is 6.04 Å². The van der Waals surface area contributed by atoms with Crippen molar-refractivity contribution < 1.29 is 9.53 Å². The first-order valence-electron chi connectivity index (χ1n) is 13.1. The van der Waals surface area contributed by atoms with Crippen LogP contribution < -0.4 is 10.3 Å². The lowest BCUT2D eigenvalue weighted by atomic mass is 10.0. The third-order valence-corrected chi connectivity index (χ3v) is 7.44. The zero-order valence-corrected chi connectivity index (χ0v) is 21.5. The van der Waals surface area contributed by atoms with Crippen LogP contribution in [-0.2, 0) is 11.2 Å². The van der Waals surface area contributed by atoms with E-state index in [0.29, 0.717) is 34.7 Å². The van der Waals surface area contributed by atoms with E-state index in [2.05, 4.69) is 12.1 Å². The highest BCUT2D eigenvalue weighted by Gasteiger charge is 2.33. The van der Waals surface area contributed by atoms with Crippen LogP contribution in [0.15, 0.2) is 83.7 Å². The molecule has 5 rings (SSSR count). The molecule has 6 nitrogen and oxygen atoms in total. The quantitative estimate of drug-likeness (QED) is 0.314. The summed E-state index contributed by atoms with van der Waals surface area (Å²) in [6.45, 7) is 2.54. The number of para-hydroxylation sites is 3. The van der Waals surface area contributed by atoms with Crippen molar-refractivity contribution in [3.8, 4) is 11.4 Å². The van der Waals surface area contributed by atoms with Gasteiger partial charge in [0.15, 0.2) is 0 Å². The molecule has 1 heterocycles. The molecule has 190 valence electrons. The minimum absolute atomic E-state index is 0.0186. The summed E-state index contributed by atoms with van der Waals surface area (Å²) in [6, 6.07) is 24.6. The maximum Gasteiger partial charge on any atom is 0.266 e. The van der Waals surface area contributed by atoms with Crippen molar-refractivity contribution in [1.82, 2.24) is 14.5 Å². The third kappa shape index (κ3) is 5.01. The van der Waals surface area contributed by atoms with Gasteiger partial charge in [0.2, 0.25) is 5.91 Å². The SMILES string of the molecule is COc1ccccc1-n1c(C(C)N(CCc2ccccc2)C(=O)C2CCCC2)nc2ccccc2c1=O. The molecule has 1 aliphatic carbocycles. The van der Waals surface area contributed by atoms with Crippen LogP contribution >= 0.6 is 0 Å². The number of carbonyl (C=O) groups is 1. The van der Waals surface area contributed by atoms with E-state index in [1.54, 1.807) is 17.7 Å². The van der Waals surface area contributed by atoms with Crippen LogP contribution in [-0.4, -0.2) is 34.0 Å². The van der Waals surface area contributed by atoms with Gasteiger partial charge in [0, 0.05) is 12.5 Å². The highest BCUT2D eigenvalue weighted by Crippen LogP contribution is 2.32. The summed E-state index contributed by atoms with van der Waals surface area (Å²) in [7, 11) is 1.59. The van der Waals surface area contributed by atoms with Crippen LogP contribution in [0.2, 0.25) is 0 Å². The van der Waals surface area contributed by atoms with Crippen LogP contribution in [0.1, 0.15) is 50.0 Å². The van der Waals surface area contributed by atoms with Gasteiger partial charge in [-0.1, -0.05) is 67.4 Å². The number of methoxy groups -OCH3 is 1. The predicted octanol–water partition coefficient (Wildman–Crippen LogP) is 5.72. The van der Waals surface area contributed by atoms with Gasteiger partial charge in [-0.2, -0.15) is 0 Å². The molecule has 1 aliphatic rings. The molecule has 6 heteroatoms. The summed E-state index contributed by atoms with van der Waals surface area (Å²) >= 11 is 0. The number of benzene rings is 3. The van der Waals surface area contributed by atoms with E-state index in [4.69, 9.17) is 9.72 Å². The Morgan fingerprint density at radius 1 is 1.00 bits per heavy atom. The van der Waals surface area contributed by atoms with Gasteiger partial charge in [-0.15, -0.1) is 0 Å². The summed E-state index contributed by atoms with van der Waals surface area (Å²) in [5.74, 6) is 1.28. The first-order valence-corrected chi connectivity index (χ1v) is 13.1. The fraction of sp³-hybridized carbons (Fsp3) is 0.323. The molecule has 1 unspecified atom stereocenters. The average Bonchev–Trinajstić information content (AvgIpc) is 3.49. The van der Waals surface area contributed by atoms with Crippen LogP contribution in [0.5, 0.6) is 5.75 Å². The number of fused-ring (bicyclic) bond motifs is 1. The Kier molecular flexibility index (Phi) is 7.35. The second-order valence-electron chi connectivity index (χ2n) is 9.72. The molecule has 1 fully saturated rings. The number of aromatic nitrogens is 2. The maximum atomic E-state index is 13.9. The molecule has 3 aromatic carbocycles. The Hall–Kier alpha value is -3.93. The van der Waals surface area contributed by atoms with E-state index in [0.717, 1.165) is 32.1 Å². The molecule has 1 atom stereocenters. The van der Waals surface area contributed by atoms with Gasteiger partial charge in [0.05, 0.1) is 29.7 Å². The van der Waals surface area contributed by atoms with Gasteiger partial charge >= 0.3 is 0 Å². The van der Waals surface area contributed by atoms with Crippen molar-refractivity contribution in [1.29, 1.82) is 0 Å². The summed E-state index contributed by atoms with van der Waals surface area (Å²) in [5, 5.41) is 0.530. The number of ether oxygens (including phenoxy) is 1. The van der Waals surface area contributed by atoms with Crippen molar-refractivity contribution in [2.24, 2.45) is 5.92 Å². The molecule has 0 N–H and O–H groups in total. The van der Waals surface area contributed by atoms with Crippen LogP contribution in [0.25, 0.3) is 16.6 Å². The molecule has 0 radical (unpaired) electrons. The number of hydrogen-bond donors (Lipinski definition) is 0. The zero-order valence-electron chi connectivity index (χ0n) is 21.5. The monoisotopic (exact) mass is 495 g/mol. The molecule has 0 saturated heterocycles. The summed E-state index contributed by atoms with van der Waals surface area (Å²) in [6.07, 6.45) is 4.72. The van der Waals surface area contributed by atoms with Gasteiger partial charge in [-0.05, 0) is 56.0 Å². The number of nitrogens with zero attached hydrogens (tertiary/aromatic N) is 3. The largest absolute Gasteiger partial charge is 0.495 e. The van der Waals surface area contributed by atoms with Gasteiger partial charge in [-0.25, -0.2) is 4.98 Å². The zero-order chi connectivity index (χ0) is 25.8. The van der Waals surface area contributed by atoms with Crippen molar-refractivity contribution >= 4 is 16.8 Å². The average molecular weight is 496 g/mol. The molecule has 1 saturated carbocycles. The van der Waals surface area contributed by atoms with Gasteiger partial charge < -0.3 is 9.64 Å². The fourth-order valence-electron chi connectivity index (χ4n) is 5.41. The minimum atomic E-state index is -0.418. The van der Waals surface area contributed by atoms with Crippen molar-refractivity contribution in [2.45, 2.75) is 45.1 Å². The lowest BCUT2D eigenvalue weighted by Crippen LogP contribution is -2.41. The van der Waals surface area contributed by atoms with Crippen molar-refractivity contribution in [3.63, 3.8) is 0 Å². The standard InChI is InChI=1S/C31H33N3O3/c1-22(33(30(35)24-14-6-7-15-24)21-20-23-12-4-3-5-13-23)29-32-26-17-9-8-16-25(26)31(36)34(29)27-18-10-11-19-28(27)37-2/h3-5,8-13,16-19,22,24H,6-7,14-15,20-21H2,1-2H3. The van der Waals surface area contributed by atoms with E-state index in [1.807, 2.05) is 72.5 Å². The molecule has 4 aromatic rings. The fourth-order valence-corrected chi connectivity index (χ4v) is 5.41. The smallest absolute Gasteiger partial charge is 0.266 e. The summed E-state index contributed by atoms with van der Waals surface area (Å²) < 4.78 is 7.26. The Morgan fingerprint density at radius 2 is 1.68 bits per heavy atom. The second-order valence-corrected chi connectivity index (χ2v) is 9.72. The topological polar surface area (TPSA) is 64.4 Å². The first kappa shape index (κ1) is 24.8. The van der Waals surface area contributed by atoms with Gasteiger partial charge in [-0.3, -0.25) is 14.2 Å². The summed E-state index contributed by atoms with van der Waals surface area (Å²) in [5.41, 5.74) is 2.24. The van der Waals surface area contributed by atoms with E-state index in [-0.39, 0.29) is 17.4 Å². The third-order valence-electron chi connectivity index (χ3n) is 7.44. The molecule has 0 spiro atoms. The highest BCUT2D eigenvalue weighted by molar-refractivity contribution is 5.80. The second kappa shape index (κ2) is 11.0. The Morgan fingerprint density at radius 3 is 2.43 bits per heavy atom. The first-order chi connectivity index (χ1) is 18.1. The number of amides is 1. The Labute approximate surface area is 217 Å². The minimum Gasteiger partial charge on any atom is -0.495 e. The molecule has 37 heavy (non-hydrogen) atoms. The Bertz CT molecular complexity index is 1440. The molecule has 1 amide bonds. The lowest BCUT2D eigenvalue weighted by molar-refractivity contribution is -0.137. The lowest BCUT2D eigenvalue weighted by Gasteiger charge is -2.32. The van der Waals surface area contributed by atoms with E-state index in [9.17, 15) is 9.59 Å². The molecule has 0 aliphatic heterocycles. The van der Waals surface area contributed by atoms with Crippen molar-refractivity contribution in [2.75, 3.05) is 13.7 Å². The number of rotatable bonds is 8.